The Bertz CT molecular complexity index is 2860. The SMILES string of the molecule is c1ccc(-c2nc(-c3ccc4ccccc4c3)nc(-c3c(-n4c5ccccc5c5ccccc54)cc(-c4ccccc4)c4ccccc34)n2)cc1. The van der Waals surface area contributed by atoms with Gasteiger partial charge in [0, 0.05) is 21.9 Å². The predicted octanol–water partition coefficient (Wildman–Crippen LogP) is 11.9. The maximum Gasteiger partial charge on any atom is 0.166 e. The maximum absolute atomic E-state index is 5.35. The second-order valence-corrected chi connectivity index (χ2v) is 12.8. The van der Waals surface area contributed by atoms with E-state index >= 15 is 0 Å². The van der Waals surface area contributed by atoms with Crippen molar-refractivity contribution < 1.29 is 0 Å². The summed E-state index contributed by atoms with van der Waals surface area (Å²) in [6.07, 6.45) is 0. The third-order valence-electron chi connectivity index (χ3n) is 9.83. The van der Waals surface area contributed by atoms with Gasteiger partial charge < -0.3 is 4.57 Å². The van der Waals surface area contributed by atoms with Crippen LogP contribution in [-0.4, -0.2) is 19.5 Å². The summed E-state index contributed by atoms with van der Waals surface area (Å²) in [5.74, 6) is 1.89. The Labute approximate surface area is 295 Å². The molecule has 10 aromatic rings. The summed E-state index contributed by atoms with van der Waals surface area (Å²) in [5.41, 5.74) is 8.41. The first kappa shape index (κ1) is 29.0. The van der Waals surface area contributed by atoms with Gasteiger partial charge in [-0.1, -0.05) is 158 Å². The van der Waals surface area contributed by atoms with E-state index in [4.69, 9.17) is 15.0 Å². The van der Waals surface area contributed by atoms with Crippen molar-refractivity contribution in [2.75, 3.05) is 0 Å². The normalized spacial score (nSPS) is 11.5. The summed E-state index contributed by atoms with van der Waals surface area (Å²) in [6, 6.07) is 63.9. The van der Waals surface area contributed by atoms with E-state index in [1.54, 1.807) is 0 Å². The Morgan fingerprint density at radius 2 is 0.843 bits per heavy atom. The molecule has 0 N–H and O–H groups in total. The van der Waals surface area contributed by atoms with Gasteiger partial charge in [-0.25, -0.2) is 15.0 Å². The number of rotatable bonds is 5. The van der Waals surface area contributed by atoms with E-state index in [2.05, 4.69) is 168 Å². The van der Waals surface area contributed by atoms with Crippen molar-refractivity contribution in [1.29, 1.82) is 0 Å². The number of aromatic nitrogens is 4. The van der Waals surface area contributed by atoms with Gasteiger partial charge in [-0.05, 0) is 56.9 Å². The van der Waals surface area contributed by atoms with Crippen LogP contribution in [0.4, 0.5) is 0 Å². The molecule has 4 heteroatoms. The van der Waals surface area contributed by atoms with Crippen molar-refractivity contribution in [3.05, 3.63) is 182 Å². The van der Waals surface area contributed by atoms with Gasteiger partial charge in [0.1, 0.15) is 0 Å². The number of hydrogen-bond donors (Lipinski definition) is 0. The summed E-state index contributed by atoms with van der Waals surface area (Å²) in [6.45, 7) is 0. The van der Waals surface area contributed by atoms with Crippen molar-refractivity contribution in [2.24, 2.45) is 0 Å². The zero-order valence-corrected chi connectivity index (χ0v) is 27.6. The molecule has 0 radical (unpaired) electrons. The van der Waals surface area contributed by atoms with Gasteiger partial charge in [0.05, 0.1) is 22.3 Å². The Morgan fingerprint density at radius 1 is 0.333 bits per heavy atom. The molecule has 0 amide bonds. The van der Waals surface area contributed by atoms with E-state index in [0.29, 0.717) is 17.5 Å². The van der Waals surface area contributed by atoms with Crippen LogP contribution in [0.1, 0.15) is 0 Å². The predicted molar refractivity (Wildman–Crippen MR) is 211 cm³/mol. The van der Waals surface area contributed by atoms with Gasteiger partial charge in [-0.2, -0.15) is 0 Å². The molecule has 4 nitrogen and oxygen atoms in total. The second-order valence-electron chi connectivity index (χ2n) is 12.8. The molecular formula is C47H30N4. The van der Waals surface area contributed by atoms with Crippen LogP contribution >= 0.6 is 0 Å². The molecule has 0 spiro atoms. The van der Waals surface area contributed by atoms with Crippen molar-refractivity contribution >= 4 is 43.4 Å². The largest absolute Gasteiger partial charge is 0.308 e. The van der Waals surface area contributed by atoms with Gasteiger partial charge in [0.25, 0.3) is 0 Å². The lowest BCUT2D eigenvalue weighted by Gasteiger charge is -2.20. The van der Waals surface area contributed by atoms with Gasteiger partial charge in [0.15, 0.2) is 17.5 Å². The molecule has 0 saturated carbocycles. The number of nitrogens with zero attached hydrogens (tertiary/aromatic N) is 4. The minimum absolute atomic E-state index is 0.625. The van der Waals surface area contributed by atoms with E-state index in [1.165, 1.54) is 16.2 Å². The van der Waals surface area contributed by atoms with Crippen molar-refractivity contribution in [1.82, 2.24) is 19.5 Å². The summed E-state index contributed by atoms with van der Waals surface area (Å²) in [5, 5.41) is 6.93. The molecule has 2 heterocycles. The molecule has 0 fully saturated rings. The monoisotopic (exact) mass is 650 g/mol. The standard InChI is InChI=1S/C47H30N4/c1-3-16-32(17-4-1)40-30-43(51-41-25-13-11-22-37(41)38-23-12-14-26-42(38)51)44(39-24-10-9-21-36(39)40)47-49-45(33-18-5-2-6-19-33)48-46(50-47)35-28-27-31-15-7-8-20-34(31)29-35/h1-30H. The first-order valence-corrected chi connectivity index (χ1v) is 17.2. The van der Waals surface area contributed by atoms with Gasteiger partial charge in [-0.3, -0.25) is 0 Å². The lowest BCUT2D eigenvalue weighted by atomic mass is 9.92. The Morgan fingerprint density at radius 3 is 1.53 bits per heavy atom. The number of fused-ring (bicyclic) bond motifs is 5. The minimum Gasteiger partial charge on any atom is -0.308 e. The smallest absolute Gasteiger partial charge is 0.166 e. The van der Waals surface area contributed by atoms with Gasteiger partial charge in [-0.15, -0.1) is 0 Å². The topological polar surface area (TPSA) is 43.6 Å². The minimum atomic E-state index is 0.625. The Balaban J connectivity index is 1.35. The molecule has 10 rings (SSSR count). The van der Waals surface area contributed by atoms with Crippen LogP contribution in [0, 0.1) is 0 Å². The molecule has 0 aliphatic heterocycles. The molecule has 2 aromatic heterocycles. The fourth-order valence-corrected chi connectivity index (χ4v) is 7.47. The lowest BCUT2D eigenvalue weighted by molar-refractivity contribution is 1.07. The van der Waals surface area contributed by atoms with E-state index < -0.39 is 0 Å². The first-order valence-electron chi connectivity index (χ1n) is 17.2. The van der Waals surface area contributed by atoms with Crippen LogP contribution in [0.25, 0.3) is 94.3 Å². The van der Waals surface area contributed by atoms with E-state index in [1.807, 2.05) is 18.2 Å². The molecule has 0 aliphatic rings. The zero-order valence-electron chi connectivity index (χ0n) is 27.6. The van der Waals surface area contributed by atoms with Crippen LogP contribution in [0.5, 0.6) is 0 Å². The third kappa shape index (κ3) is 4.88. The Kier molecular flexibility index (Phi) is 6.78. The van der Waals surface area contributed by atoms with Crippen LogP contribution in [0.15, 0.2) is 182 Å². The van der Waals surface area contributed by atoms with Crippen molar-refractivity contribution in [2.45, 2.75) is 0 Å². The summed E-state index contributed by atoms with van der Waals surface area (Å²) < 4.78 is 2.39. The number of para-hydroxylation sites is 2. The molecule has 0 saturated heterocycles. The number of hydrogen-bond acceptors (Lipinski definition) is 3. The number of benzene rings is 8. The highest BCUT2D eigenvalue weighted by atomic mass is 15.1. The average Bonchev–Trinajstić information content (AvgIpc) is 3.55. The third-order valence-corrected chi connectivity index (χ3v) is 9.83. The lowest BCUT2D eigenvalue weighted by Crippen LogP contribution is -2.05. The zero-order chi connectivity index (χ0) is 33.7. The maximum atomic E-state index is 5.35. The highest BCUT2D eigenvalue weighted by Crippen LogP contribution is 2.43. The van der Waals surface area contributed by atoms with Crippen LogP contribution in [0.2, 0.25) is 0 Å². The molecule has 238 valence electrons. The molecule has 0 atom stereocenters. The molecule has 0 bridgehead atoms. The van der Waals surface area contributed by atoms with Crippen LogP contribution in [0.3, 0.4) is 0 Å². The van der Waals surface area contributed by atoms with Gasteiger partial charge >= 0.3 is 0 Å². The molecule has 0 unspecified atom stereocenters. The van der Waals surface area contributed by atoms with E-state index in [-0.39, 0.29) is 0 Å². The molecule has 0 aliphatic carbocycles. The van der Waals surface area contributed by atoms with E-state index in [9.17, 15) is 0 Å². The summed E-state index contributed by atoms with van der Waals surface area (Å²) in [7, 11) is 0. The molecule has 51 heavy (non-hydrogen) atoms. The van der Waals surface area contributed by atoms with Gasteiger partial charge in [0.2, 0.25) is 0 Å². The van der Waals surface area contributed by atoms with Crippen LogP contribution in [-0.2, 0) is 0 Å². The highest BCUT2D eigenvalue weighted by Gasteiger charge is 2.23. The molecule has 8 aromatic carbocycles. The average molecular weight is 651 g/mol. The fraction of sp³-hybridized carbons (Fsp3) is 0. The Hall–Kier alpha value is -6.91. The molecular weight excluding hydrogens is 621 g/mol. The van der Waals surface area contributed by atoms with Crippen LogP contribution < -0.4 is 0 Å². The van der Waals surface area contributed by atoms with Crippen molar-refractivity contribution in [3.8, 4) is 51.0 Å². The highest BCUT2D eigenvalue weighted by molar-refractivity contribution is 6.13. The fourth-order valence-electron chi connectivity index (χ4n) is 7.47. The quantitative estimate of drug-likeness (QED) is 0.186. The summed E-state index contributed by atoms with van der Waals surface area (Å²) >= 11 is 0. The van der Waals surface area contributed by atoms with Crippen molar-refractivity contribution in [3.63, 3.8) is 0 Å². The second kappa shape index (κ2) is 11.9. The van der Waals surface area contributed by atoms with E-state index in [0.717, 1.165) is 60.7 Å². The first-order chi connectivity index (χ1) is 25.3. The summed E-state index contributed by atoms with van der Waals surface area (Å²) in [4.78, 5) is 15.8.